The molecule has 4 fully saturated rings. The van der Waals surface area contributed by atoms with E-state index in [1.807, 2.05) is 0 Å². The zero-order valence-corrected chi connectivity index (χ0v) is 65.9. The fourth-order valence-corrected chi connectivity index (χ4v) is 13.4. The van der Waals surface area contributed by atoms with Gasteiger partial charge in [0.25, 0.3) is 47.3 Å². The first-order valence-electron chi connectivity index (χ1n) is 37.3. The summed E-state index contributed by atoms with van der Waals surface area (Å²) in [7, 11) is 0. The Morgan fingerprint density at radius 2 is 0.608 bits per heavy atom. The molecular formula is C84H80Cl2F14N8O12. The van der Waals surface area contributed by atoms with Crippen LogP contribution in [-0.4, -0.2) is 164 Å². The van der Waals surface area contributed by atoms with Gasteiger partial charge in [0.2, 0.25) is 0 Å². The van der Waals surface area contributed by atoms with Crippen LogP contribution in [0.2, 0.25) is 10.0 Å². The maximum atomic E-state index is 15.0. The Kier molecular flexibility index (Phi) is 30.5. The number of aliphatic hydroxyl groups excluding tert-OH is 4. The van der Waals surface area contributed by atoms with Gasteiger partial charge in [-0.3, -0.25) is 38.4 Å². The number of likely N-dealkylation sites (tertiary alicyclic amines) is 4. The zero-order valence-electron chi connectivity index (χ0n) is 64.4. The first-order valence-corrected chi connectivity index (χ1v) is 38.0. The molecule has 0 bridgehead atoms. The molecule has 4 saturated heterocycles. The third-order valence-electron chi connectivity index (χ3n) is 20.1. The lowest BCUT2D eigenvalue weighted by molar-refractivity contribution is -0.161. The van der Waals surface area contributed by atoms with Gasteiger partial charge in [-0.25, -0.2) is 26.3 Å². The minimum Gasteiger partial charge on any atom is -0.393 e. The Morgan fingerprint density at radius 3 is 0.908 bits per heavy atom. The highest BCUT2D eigenvalue weighted by Gasteiger charge is 2.50. The van der Waals surface area contributed by atoms with E-state index in [2.05, 4.69) is 21.3 Å². The number of benzene rings is 8. The number of nitrogens with zero attached hydrogens (tertiary/aromatic N) is 4. The molecule has 0 spiro atoms. The molecule has 4 aliphatic heterocycles. The average Bonchev–Trinajstić information content (AvgIpc) is 0.794. The highest BCUT2D eigenvalue weighted by Crippen LogP contribution is 2.40. The third-order valence-corrected chi connectivity index (χ3v) is 20.7. The van der Waals surface area contributed by atoms with E-state index >= 15 is 17.6 Å². The molecular weight excluding hydrogens is 1650 g/mol. The van der Waals surface area contributed by atoms with Crippen molar-refractivity contribution in [3.05, 3.63) is 257 Å². The third kappa shape index (κ3) is 22.9. The molecule has 0 unspecified atom stereocenters. The van der Waals surface area contributed by atoms with E-state index in [1.54, 1.807) is 0 Å². The Hall–Kier alpha value is -11.0. The molecule has 8 N–H and O–H groups in total. The van der Waals surface area contributed by atoms with E-state index in [-0.39, 0.29) is 170 Å². The molecule has 8 aromatic carbocycles. The summed E-state index contributed by atoms with van der Waals surface area (Å²) in [6.45, 7) is 5.86. The molecule has 8 aromatic rings. The van der Waals surface area contributed by atoms with Crippen molar-refractivity contribution in [2.45, 2.75) is 127 Å². The molecule has 0 saturated carbocycles. The van der Waals surface area contributed by atoms with Gasteiger partial charge in [-0.15, -0.1) is 0 Å². The Balaban J connectivity index is 0.000000182. The summed E-state index contributed by atoms with van der Waals surface area (Å²) >= 11 is 11.4. The van der Waals surface area contributed by atoms with E-state index in [1.165, 1.54) is 125 Å². The lowest BCUT2D eigenvalue weighted by Crippen LogP contribution is -2.47. The number of halogens is 16. The number of hydrogen-bond acceptors (Lipinski definition) is 12. The molecule has 4 heterocycles. The number of hydrogen-bond donors (Lipinski definition) is 8. The summed E-state index contributed by atoms with van der Waals surface area (Å²) in [5.74, 6) is -30.7. The van der Waals surface area contributed by atoms with Gasteiger partial charge in [0.05, 0.1) is 35.1 Å². The summed E-state index contributed by atoms with van der Waals surface area (Å²) in [5, 5.41) is 47.4. The number of alkyl halides is 8. The van der Waals surface area contributed by atoms with Crippen molar-refractivity contribution < 1.29 is 120 Å². The topological polar surface area (TPSA) is 279 Å². The normalized spacial score (nSPS) is 15.2. The first-order chi connectivity index (χ1) is 56.4. The van der Waals surface area contributed by atoms with Crippen LogP contribution in [0.25, 0.3) is 0 Å². The van der Waals surface area contributed by atoms with Gasteiger partial charge in [0, 0.05) is 131 Å². The minimum absolute atomic E-state index is 0.0174. The largest absolute Gasteiger partial charge is 0.393 e. The lowest BCUT2D eigenvalue weighted by atomic mass is 9.97. The van der Waals surface area contributed by atoms with Gasteiger partial charge in [-0.05, 0) is 211 Å². The quantitative estimate of drug-likeness (QED) is 0.0331. The van der Waals surface area contributed by atoms with E-state index in [0.717, 1.165) is 56.0 Å². The molecule has 0 aromatic heterocycles. The zero-order chi connectivity index (χ0) is 88.2. The second-order valence-electron chi connectivity index (χ2n) is 28.8. The number of carbonyl (C=O) groups excluding carboxylic acids is 8. The van der Waals surface area contributed by atoms with Crippen LogP contribution in [0.15, 0.2) is 146 Å². The van der Waals surface area contributed by atoms with E-state index in [4.69, 9.17) is 23.2 Å². The van der Waals surface area contributed by atoms with Crippen LogP contribution in [0, 0.1) is 62.6 Å². The molecule has 8 amide bonds. The number of aryl methyl sites for hydroxylation is 4. The second-order valence-corrected chi connectivity index (χ2v) is 29.7. The highest BCUT2D eigenvalue weighted by molar-refractivity contribution is 6.31. The molecule has 20 nitrogen and oxygen atoms in total. The summed E-state index contributed by atoms with van der Waals surface area (Å²) in [4.78, 5) is 104. The fourth-order valence-electron chi connectivity index (χ4n) is 13.1. The summed E-state index contributed by atoms with van der Waals surface area (Å²) < 4.78 is 200. The monoisotopic (exact) mass is 1730 g/mol. The van der Waals surface area contributed by atoms with Gasteiger partial charge >= 0.3 is 23.7 Å². The minimum atomic E-state index is -3.93. The van der Waals surface area contributed by atoms with Crippen molar-refractivity contribution in [2.75, 3.05) is 73.6 Å². The molecule has 120 heavy (non-hydrogen) atoms. The van der Waals surface area contributed by atoms with Gasteiger partial charge in [-0.2, -0.15) is 35.1 Å². The number of nitrogens with one attached hydrogen (secondary N) is 4. The van der Waals surface area contributed by atoms with Crippen LogP contribution < -0.4 is 21.3 Å². The number of rotatable bonds is 16. The SMILES string of the molecule is Cc1ccc(C(=O)Nc2cc(F)c(F)c(F)c2)cc1C(F)(F)C(=O)N1CCC(O)CC1.Cc1ccc(C(=O)Nc2ccc(Cl)cc2F)cc1C(F)(F)C(=O)N1CCC(O)CC1.Cc1ccc(C(=O)Nc2ccc(F)c(Cl)c2)cc1C(F)(F)C(=O)N1CCC(O)CC1.Cc1ccc(C(=O)Nc2ccc(F)cc2)cc1C(F)(F)C(=O)N1CCC(O)CC1. The summed E-state index contributed by atoms with van der Waals surface area (Å²) in [6, 6.07) is 27.6. The predicted molar refractivity (Wildman–Crippen MR) is 415 cm³/mol. The fraction of sp³-hybridized carbons (Fsp3) is 0.333. The van der Waals surface area contributed by atoms with Gasteiger partial charge < -0.3 is 61.3 Å². The van der Waals surface area contributed by atoms with Crippen LogP contribution in [0.4, 0.5) is 84.2 Å². The van der Waals surface area contributed by atoms with Crippen LogP contribution in [0.5, 0.6) is 0 Å². The molecule has 36 heteroatoms. The molecule has 0 atom stereocenters. The average molecular weight is 1730 g/mol. The standard InChI is InChI=1S/2C21H20ClF3N2O3.C21H19F5N2O3.C21H21F3N2O3/c1-12-2-3-13(19(29)26-14-4-5-18(23)17(22)11-14)10-16(12)21(24,25)20(30)27-8-6-15(28)7-9-27;1-12-2-3-13(19(29)26-18-5-4-14(22)11-17(18)23)10-16(12)21(24,25)20(30)27-8-6-15(28)7-9-27;1-11-2-3-12(19(30)27-13-9-16(22)18(24)17(23)10-13)8-15(11)21(25,26)20(31)28-6-4-14(29)5-7-28;1-13-2-3-14(19(28)25-16-6-4-15(22)5-7-16)12-18(13)21(23,24)20(29)26-10-8-17(27)9-11-26/h2*2-5,10-11,15,28H,6-9H2,1H3,(H,26,29);2-3,8-10,14,29H,4-7H2,1H3,(H,27,30);2-7,12,17,27H,8-11H2,1H3,(H,25,28). The molecule has 0 radical (unpaired) electrons. The van der Waals surface area contributed by atoms with Crippen LogP contribution >= 0.6 is 23.2 Å². The maximum absolute atomic E-state index is 15.0. The van der Waals surface area contributed by atoms with Crippen molar-refractivity contribution in [3.63, 3.8) is 0 Å². The van der Waals surface area contributed by atoms with Crippen LogP contribution in [-0.2, 0) is 42.9 Å². The van der Waals surface area contributed by atoms with Gasteiger partial charge in [0.1, 0.15) is 17.5 Å². The van der Waals surface area contributed by atoms with Crippen molar-refractivity contribution in [1.82, 2.24) is 19.6 Å². The molecule has 12 rings (SSSR count). The van der Waals surface area contributed by atoms with Gasteiger partial charge in [0.15, 0.2) is 17.5 Å². The van der Waals surface area contributed by atoms with Crippen LogP contribution in [0.3, 0.4) is 0 Å². The first kappa shape index (κ1) is 92.8. The van der Waals surface area contributed by atoms with E-state index < -0.39 is 158 Å². The summed E-state index contributed by atoms with van der Waals surface area (Å²) in [6.07, 6.45) is -0.621. The molecule has 0 aliphatic carbocycles. The number of amides is 8. The number of piperidine rings is 4. The van der Waals surface area contributed by atoms with Crippen molar-refractivity contribution in [3.8, 4) is 0 Å². The Morgan fingerprint density at radius 1 is 0.325 bits per heavy atom. The predicted octanol–water partition coefficient (Wildman–Crippen LogP) is 15.4. The van der Waals surface area contributed by atoms with E-state index in [0.29, 0.717) is 17.8 Å². The smallest absolute Gasteiger partial charge is 0.350 e. The van der Waals surface area contributed by atoms with Gasteiger partial charge in [-0.1, -0.05) is 47.5 Å². The lowest BCUT2D eigenvalue weighted by Gasteiger charge is -2.32. The second kappa shape index (κ2) is 39.4. The maximum Gasteiger partial charge on any atom is 0.350 e. The van der Waals surface area contributed by atoms with Crippen molar-refractivity contribution in [1.29, 1.82) is 0 Å². The van der Waals surface area contributed by atoms with Crippen molar-refractivity contribution >= 4 is 93.2 Å². The number of aliphatic hydroxyl groups is 4. The summed E-state index contributed by atoms with van der Waals surface area (Å²) in [5.41, 5.74) is -2.46. The molecule has 4 aliphatic rings. The highest BCUT2D eigenvalue weighted by atomic mass is 35.5. The van der Waals surface area contributed by atoms with Crippen molar-refractivity contribution in [2.24, 2.45) is 0 Å². The molecule has 640 valence electrons. The van der Waals surface area contributed by atoms with E-state index in [9.17, 15) is 103 Å². The number of carbonyl (C=O) groups is 8. The Bertz CT molecular complexity index is 5120. The van der Waals surface area contributed by atoms with Crippen LogP contribution in [0.1, 0.15) is 137 Å². The number of anilines is 4. The Labute approximate surface area is 688 Å².